The van der Waals surface area contributed by atoms with Crippen LogP contribution >= 0.6 is 15.9 Å². The predicted octanol–water partition coefficient (Wildman–Crippen LogP) is 3.54. The Bertz CT molecular complexity index is 522. The molecular formula is C16H19BrN2O. The molecule has 5 rings (SSSR count). The molecule has 4 aliphatic carbocycles. The lowest BCUT2D eigenvalue weighted by Gasteiger charge is -2.56. The first-order chi connectivity index (χ1) is 9.63. The largest absolute Gasteiger partial charge is 0.345 e. The molecule has 0 spiro atoms. The van der Waals surface area contributed by atoms with Crippen LogP contribution in [0.3, 0.4) is 0 Å². The van der Waals surface area contributed by atoms with Gasteiger partial charge in [0.25, 0.3) is 5.91 Å². The zero-order valence-corrected chi connectivity index (χ0v) is 13.0. The average Bonchev–Trinajstić information content (AvgIpc) is 2.36. The van der Waals surface area contributed by atoms with Gasteiger partial charge >= 0.3 is 0 Å². The number of amides is 1. The highest BCUT2D eigenvalue weighted by molar-refractivity contribution is 9.10. The van der Waals surface area contributed by atoms with Crippen LogP contribution in [0.2, 0.25) is 0 Å². The summed E-state index contributed by atoms with van der Waals surface area (Å²) in [5.74, 6) is 2.51. The lowest BCUT2D eigenvalue weighted by Crippen LogP contribution is -2.59. The molecule has 0 aliphatic heterocycles. The minimum absolute atomic E-state index is 0.0144. The van der Waals surface area contributed by atoms with E-state index in [-0.39, 0.29) is 11.4 Å². The highest BCUT2D eigenvalue weighted by Gasteiger charge is 2.51. The average molecular weight is 335 g/mol. The number of hydrogen-bond acceptors (Lipinski definition) is 2. The Morgan fingerprint density at radius 2 is 1.80 bits per heavy atom. The maximum absolute atomic E-state index is 12.5. The third-order valence-electron chi connectivity index (χ3n) is 5.39. The Morgan fingerprint density at radius 1 is 1.20 bits per heavy atom. The summed E-state index contributed by atoms with van der Waals surface area (Å²) in [5, 5.41) is 3.35. The number of pyridine rings is 1. The van der Waals surface area contributed by atoms with Gasteiger partial charge in [0.05, 0.1) is 0 Å². The van der Waals surface area contributed by atoms with Gasteiger partial charge in [-0.25, -0.2) is 4.98 Å². The van der Waals surface area contributed by atoms with Crippen molar-refractivity contribution in [2.75, 3.05) is 0 Å². The van der Waals surface area contributed by atoms with E-state index in [1.165, 1.54) is 38.5 Å². The normalized spacial score (nSPS) is 38.0. The molecule has 1 aromatic rings. The molecule has 4 aliphatic rings. The van der Waals surface area contributed by atoms with E-state index in [4.69, 9.17) is 0 Å². The monoisotopic (exact) mass is 334 g/mol. The molecule has 4 bridgehead atoms. The van der Waals surface area contributed by atoms with E-state index in [0.29, 0.717) is 5.69 Å². The first kappa shape index (κ1) is 12.8. The summed E-state index contributed by atoms with van der Waals surface area (Å²) in [6.07, 6.45) is 9.38. The van der Waals surface area contributed by atoms with Crippen LogP contribution in [0, 0.1) is 17.8 Å². The summed E-state index contributed by atoms with van der Waals surface area (Å²) in [5.41, 5.74) is 0.575. The van der Waals surface area contributed by atoms with Gasteiger partial charge in [-0.2, -0.15) is 0 Å². The van der Waals surface area contributed by atoms with Gasteiger partial charge < -0.3 is 5.32 Å². The molecule has 4 heteroatoms. The molecule has 0 saturated heterocycles. The second-order valence-electron chi connectivity index (χ2n) is 6.99. The maximum Gasteiger partial charge on any atom is 0.271 e. The molecule has 1 heterocycles. The molecule has 1 amide bonds. The highest BCUT2D eigenvalue weighted by Crippen LogP contribution is 2.55. The Hall–Kier alpha value is -0.900. The van der Waals surface area contributed by atoms with Crippen LogP contribution in [0.5, 0.6) is 0 Å². The number of halogens is 1. The van der Waals surface area contributed by atoms with Crippen molar-refractivity contribution < 1.29 is 4.79 Å². The van der Waals surface area contributed by atoms with Crippen molar-refractivity contribution in [3.05, 3.63) is 28.5 Å². The van der Waals surface area contributed by atoms with Gasteiger partial charge in [-0.3, -0.25) is 4.79 Å². The lowest BCUT2D eigenvalue weighted by atomic mass is 9.53. The summed E-state index contributed by atoms with van der Waals surface area (Å²) in [4.78, 5) is 16.8. The second-order valence-corrected chi connectivity index (χ2v) is 7.84. The Balaban J connectivity index is 1.57. The van der Waals surface area contributed by atoms with Crippen molar-refractivity contribution >= 4 is 21.8 Å². The van der Waals surface area contributed by atoms with Crippen LogP contribution in [0.15, 0.2) is 22.8 Å². The zero-order valence-electron chi connectivity index (χ0n) is 11.4. The van der Waals surface area contributed by atoms with Gasteiger partial charge in [0.1, 0.15) is 5.69 Å². The zero-order chi connectivity index (χ0) is 13.7. The van der Waals surface area contributed by atoms with Crippen LogP contribution < -0.4 is 5.32 Å². The van der Waals surface area contributed by atoms with Crippen LogP contribution in [0.25, 0.3) is 0 Å². The standard InChI is InChI=1S/C16H19BrN2O/c17-13-2-1-3-18-14(13)15(20)19-16-7-10-4-11(8-16)6-12(5-10)9-16/h1-3,10-12H,4-9H2,(H,19,20). The van der Waals surface area contributed by atoms with Crippen molar-refractivity contribution in [2.24, 2.45) is 17.8 Å². The summed E-state index contributed by atoms with van der Waals surface area (Å²) < 4.78 is 0.780. The van der Waals surface area contributed by atoms with Crippen LogP contribution in [0.1, 0.15) is 49.0 Å². The van der Waals surface area contributed by atoms with Gasteiger partial charge in [0.15, 0.2) is 0 Å². The van der Waals surface area contributed by atoms with Crippen molar-refractivity contribution in [2.45, 2.75) is 44.1 Å². The fraction of sp³-hybridized carbons (Fsp3) is 0.625. The van der Waals surface area contributed by atoms with Gasteiger partial charge in [0, 0.05) is 16.2 Å². The van der Waals surface area contributed by atoms with Crippen LogP contribution in [0.4, 0.5) is 0 Å². The number of nitrogens with one attached hydrogen (secondary N) is 1. The van der Waals surface area contributed by atoms with Crippen molar-refractivity contribution in [3.63, 3.8) is 0 Å². The molecule has 20 heavy (non-hydrogen) atoms. The molecule has 1 aromatic heterocycles. The lowest BCUT2D eigenvalue weighted by molar-refractivity contribution is -0.0168. The summed E-state index contributed by atoms with van der Waals surface area (Å²) in [6.45, 7) is 0. The van der Waals surface area contributed by atoms with Gasteiger partial charge in [-0.05, 0) is 84.3 Å². The third-order valence-corrected chi connectivity index (χ3v) is 6.03. The molecule has 0 aromatic carbocycles. The van der Waals surface area contributed by atoms with E-state index in [1.807, 2.05) is 12.1 Å². The summed E-state index contributed by atoms with van der Waals surface area (Å²) in [7, 11) is 0. The third kappa shape index (κ3) is 2.09. The smallest absolute Gasteiger partial charge is 0.271 e. The van der Waals surface area contributed by atoms with Crippen molar-refractivity contribution in [3.8, 4) is 0 Å². The highest BCUT2D eigenvalue weighted by atomic mass is 79.9. The molecule has 4 fully saturated rings. The van der Waals surface area contributed by atoms with E-state index in [9.17, 15) is 4.79 Å². The number of nitrogens with zero attached hydrogens (tertiary/aromatic N) is 1. The fourth-order valence-electron chi connectivity index (χ4n) is 5.12. The minimum atomic E-state index is -0.0144. The van der Waals surface area contributed by atoms with E-state index in [2.05, 4.69) is 26.2 Å². The van der Waals surface area contributed by atoms with E-state index in [1.54, 1.807) is 6.20 Å². The van der Waals surface area contributed by atoms with E-state index >= 15 is 0 Å². The van der Waals surface area contributed by atoms with Gasteiger partial charge in [0.2, 0.25) is 0 Å². The van der Waals surface area contributed by atoms with Crippen LogP contribution in [-0.2, 0) is 0 Å². The molecule has 0 radical (unpaired) electrons. The first-order valence-electron chi connectivity index (χ1n) is 7.57. The second kappa shape index (κ2) is 4.55. The predicted molar refractivity (Wildman–Crippen MR) is 80.3 cm³/mol. The summed E-state index contributed by atoms with van der Waals surface area (Å²) in [6, 6.07) is 3.72. The Morgan fingerprint density at radius 3 is 2.35 bits per heavy atom. The van der Waals surface area contributed by atoms with Crippen molar-refractivity contribution in [1.82, 2.24) is 10.3 Å². The van der Waals surface area contributed by atoms with Crippen LogP contribution in [-0.4, -0.2) is 16.4 Å². The number of hydrogen-bond donors (Lipinski definition) is 1. The van der Waals surface area contributed by atoms with Gasteiger partial charge in [-0.15, -0.1) is 0 Å². The molecule has 0 atom stereocenters. The van der Waals surface area contributed by atoms with E-state index in [0.717, 1.165) is 22.2 Å². The first-order valence-corrected chi connectivity index (χ1v) is 8.36. The number of aromatic nitrogens is 1. The molecular weight excluding hydrogens is 316 g/mol. The topological polar surface area (TPSA) is 42.0 Å². The number of carbonyl (C=O) groups excluding carboxylic acids is 1. The summed E-state index contributed by atoms with van der Waals surface area (Å²) >= 11 is 3.42. The Labute approximate surface area is 127 Å². The molecule has 4 saturated carbocycles. The maximum atomic E-state index is 12.5. The molecule has 3 nitrogen and oxygen atoms in total. The molecule has 106 valence electrons. The fourth-order valence-corrected chi connectivity index (χ4v) is 5.55. The number of carbonyl (C=O) groups is 1. The van der Waals surface area contributed by atoms with Gasteiger partial charge in [-0.1, -0.05) is 0 Å². The molecule has 1 N–H and O–H groups in total. The quantitative estimate of drug-likeness (QED) is 0.898. The molecule has 0 unspecified atom stereocenters. The minimum Gasteiger partial charge on any atom is -0.345 e. The van der Waals surface area contributed by atoms with E-state index < -0.39 is 0 Å². The SMILES string of the molecule is O=C(NC12CC3CC(CC(C3)C1)C2)c1ncccc1Br. The number of rotatable bonds is 2. The Kier molecular flexibility index (Phi) is 2.92. The van der Waals surface area contributed by atoms with Crippen molar-refractivity contribution in [1.29, 1.82) is 0 Å².